The van der Waals surface area contributed by atoms with E-state index in [1.165, 1.54) is 34.1 Å². The molecule has 0 heterocycles. The number of rotatable bonds is 0. The third-order valence-electron chi connectivity index (χ3n) is 1.18. The zero-order valence-electron chi connectivity index (χ0n) is 7.33. The van der Waals surface area contributed by atoms with Crippen molar-refractivity contribution < 1.29 is 26.3 Å². The Morgan fingerprint density at radius 3 is 1.56 bits per heavy atom. The highest BCUT2D eigenvalue weighted by molar-refractivity contribution is 9.09. The standard InChI is InChI=1S/C7H4ClF3.CBrF3/c8-6-4-2-1-3-5(6)7(9,10)11;2-1(3,4)5/h1-4H;. The van der Waals surface area contributed by atoms with Crippen LogP contribution in [0.4, 0.5) is 26.3 Å². The van der Waals surface area contributed by atoms with E-state index >= 15 is 0 Å². The van der Waals surface area contributed by atoms with Crippen molar-refractivity contribution in [3.05, 3.63) is 34.9 Å². The third kappa shape index (κ3) is 7.81. The van der Waals surface area contributed by atoms with Crippen molar-refractivity contribution in [1.29, 1.82) is 0 Å². The highest BCUT2D eigenvalue weighted by Crippen LogP contribution is 2.33. The lowest BCUT2D eigenvalue weighted by Gasteiger charge is -2.06. The first kappa shape index (κ1) is 15.6. The van der Waals surface area contributed by atoms with Gasteiger partial charge in [0.15, 0.2) is 0 Å². The van der Waals surface area contributed by atoms with E-state index in [1.807, 2.05) is 0 Å². The summed E-state index contributed by atoms with van der Waals surface area (Å²) in [5.41, 5.74) is -0.790. The molecule has 0 nitrogen and oxygen atoms in total. The molecule has 0 aliphatic heterocycles. The summed E-state index contributed by atoms with van der Waals surface area (Å²) in [5, 5.41) is -4.45. The van der Waals surface area contributed by atoms with Gasteiger partial charge in [0.25, 0.3) is 0 Å². The first-order valence-corrected chi connectivity index (χ1v) is 4.76. The molecule has 1 aromatic carbocycles. The Labute approximate surface area is 100 Å². The van der Waals surface area contributed by atoms with E-state index in [-0.39, 0.29) is 5.02 Å². The maximum Gasteiger partial charge on any atom is 0.448 e. The van der Waals surface area contributed by atoms with Gasteiger partial charge in [0.1, 0.15) is 0 Å². The van der Waals surface area contributed by atoms with Crippen molar-refractivity contribution in [3.63, 3.8) is 0 Å². The van der Waals surface area contributed by atoms with E-state index < -0.39 is 16.8 Å². The second-order valence-corrected chi connectivity index (χ2v) is 3.71. The molecular weight excluding hydrogens is 325 g/mol. The fourth-order valence-corrected chi connectivity index (χ4v) is 0.934. The molecule has 16 heavy (non-hydrogen) atoms. The molecule has 0 spiro atoms. The molecule has 0 aliphatic rings. The van der Waals surface area contributed by atoms with Crippen LogP contribution in [-0.2, 0) is 6.18 Å². The van der Waals surface area contributed by atoms with E-state index in [0.29, 0.717) is 0 Å². The second-order valence-electron chi connectivity index (χ2n) is 2.41. The zero-order chi connectivity index (χ0) is 13.0. The zero-order valence-corrected chi connectivity index (χ0v) is 9.68. The smallest absolute Gasteiger partial charge is 0.166 e. The maximum atomic E-state index is 12.0. The highest BCUT2D eigenvalue weighted by atomic mass is 79.9. The van der Waals surface area contributed by atoms with Gasteiger partial charge < -0.3 is 0 Å². The summed E-state index contributed by atoms with van der Waals surface area (Å²) in [4.78, 5) is 0. The lowest BCUT2D eigenvalue weighted by atomic mass is 10.2. The SMILES string of the molecule is FC(F)(F)Br.FC(F)(F)c1ccccc1Cl. The average molecular weight is 329 g/mol. The number of hydrogen-bond acceptors (Lipinski definition) is 0. The van der Waals surface area contributed by atoms with Gasteiger partial charge in [0, 0.05) is 15.9 Å². The van der Waals surface area contributed by atoms with Crippen LogP contribution in [0.5, 0.6) is 0 Å². The molecular formula is C8H4BrClF6. The van der Waals surface area contributed by atoms with E-state index in [2.05, 4.69) is 0 Å². The molecule has 0 saturated heterocycles. The molecule has 1 rings (SSSR count). The van der Waals surface area contributed by atoms with Crippen LogP contribution in [0, 0.1) is 0 Å². The third-order valence-corrected chi connectivity index (χ3v) is 1.51. The molecule has 0 fully saturated rings. The Bertz CT molecular complexity index is 326. The summed E-state index contributed by atoms with van der Waals surface area (Å²) in [6, 6.07) is 4.92. The minimum absolute atomic E-state index is 0.264. The van der Waals surface area contributed by atoms with Crippen molar-refractivity contribution >= 4 is 27.5 Å². The molecule has 0 aliphatic carbocycles. The molecule has 1 aromatic rings. The summed E-state index contributed by atoms with van der Waals surface area (Å²) >= 11 is 6.66. The molecule has 0 atom stereocenters. The monoisotopic (exact) mass is 328 g/mol. The normalized spacial score (nSPS) is 11.8. The average Bonchev–Trinajstić information content (AvgIpc) is 1.99. The summed E-state index contributed by atoms with van der Waals surface area (Å²) in [6.07, 6.45) is -4.35. The predicted molar refractivity (Wildman–Crippen MR) is 51.4 cm³/mol. The fourth-order valence-electron chi connectivity index (χ4n) is 0.691. The Balaban J connectivity index is 0.000000385. The Hall–Kier alpha value is -0.430. The molecule has 8 heteroatoms. The first-order valence-electron chi connectivity index (χ1n) is 3.59. The van der Waals surface area contributed by atoms with Gasteiger partial charge in [-0.15, -0.1) is 0 Å². The molecule has 0 aromatic heterocycles. The van der Waals surface area contributed by atoms with E-state index in [0.717, 1.165) is 6.07 Å². The summed E-state index contributed by atoms with van der Waals surface area (Å²) in [6.45, 7) is 0. The van der Waals surface area contributed by atoms with E-state index in [4.69, 9.17) is 11.6 Å². The van der Waals surface area contributed by atoms with Gasteiger partial charge in [-0.3, -0.25) is 0 Å². The van der Waals surface area contributed by atoms with Gasteiger partial charge in [0.05, 0.1) is 10.6 Å². The number of halogens is 8. The van der Waals surface area contributed by atoms with Crippen LogP contribution in [0.15, 0.2) is 24.3 Å². The van der Waals surface area contributed by atoms with Crippen molar-refractivity contribution in [3.8, 4) is 0 Å². The van der Waals surface area contributed by atoms with Crippen LogP contribution in [0.25, 0.3) is 0 Å². The van der Waals surface area contributed by atoms with Crippen LogP contribution in [0.3, 0.4) is 0 Å². The number of benzene rings is 1. The molecule has 0 amide bonds. The van der Waals surface area contributed by atoms with Gasteiger partial charge in [-0.05, 0) is 12.1 Å². The van der Waals surface area contributed by atoms with Crippen LogP contribution in [0.2, 0.25) is 5.02 Å². The fraction of sp³-hybridized carbons (Fsp3) is 0.250. The first-order chi connectivity index (χ1) is 7.02. The Morgan fingerprint density at radius 2 is 1.31 bits per heavy atom. The minimum atomic E-state index is -4.35. The van der Waals surface area contributed by atoms with Crippen LogP contribution in [-0.4, -0.2) is 5.09 Å². The Kier molecular flexibility index (Phi) is 5.61. The van der Waals surface area contributed by atoms with Crippen molar-refractivity contribution in [2.45, 2.75) is 11.3 Å². The second kappa shape index (κ2) is 5.77. The van der Waals surface area contributed by atoms with Crippen LogP contribution in [0.1, 0.15) is 5.56 Å². The summed E-state index contributed by atoms with van der Waals surface area (Å²) < 4.78 is 66.7. The largest absolute Gasteiger partial charge is 0.448 e. The molecule has 0 bridgehead atoms. The number of alkyl halides is 7. The predicted octanol–water partition coefficient (Wildman–Crippen LogP) is 5.26. The molecule has 92 valence electrons. The summed E-state index contributed by atoms with van der Waals surface area (Å²) in [5.74, 6) is 0. The van der Waals surface area contributed by atoms with Gasteiger partial charge >= 0.3 is 11.3 Å². The minimum Gasteiger partial charge on any atom is -0.166 e. The van der Waals surface area contributed by atoms with E-state index in [1.54, 1.807) is 0 Å². The molecule has 0 N–H and O–H groups in total. The van der Waals surface area contributed by atoms with Crippen molar-refractivity contribution in [2.24, 2.45) is 0 Å². The number of hydrogen-bond donors (Lipinski definition) is 0. The van der Waals surface area contributed by atoms with Crippen LogP contribution >= 0.6 is 27.5 Å². The van der Waals surface area contributed by atoms with Crippen LogP contribution < -0.4 is 0 Å². The van der Waals surface area contributed by atoms with E-state index in [9.17, 15) is 26.3 Å². The van der Waals surface area contributed by atoms with Crippen molar-refractivity contribution in [2.75, 3.05) is 0 Å². The topological polar surface area (TPSA) is 0 Å². The molecule has 0 unspecified atom stereocenters. The lowest BCUT2D eigenvalue weighted by Crippen LogP contribution is -2.04. The van der Waals surface area contributed by atoms with Crippen molar-refractivity contribution in [1.82, 2.24) is 0 Å². The molecule has 0 saturated carbocycles. The van der Waals surface area contributed by atoms with Gasteiger partial charge in [-0.25, -0.2) is 0 Å². The van der Waals surface area contributed by atoms with Gasteiger partial charge in [-0.1, -0.05) is 23.7 Å². The molecule has 0 radical (unpaired) electrons. The van der Waals surface area contributed by atoms with Gasteiger partial charge in [-0.2, -0.15) is 26.3 Å². The van der Waals surface area contributed by atoms with Gasteiger partial charge in [0.2, 0.25) is 0 Å². The maximum absolute atomic E-state index is 12.0. The Morgan fingerprint density at radius 1 is 0.938 bits per heavy atom. The lowest BCUT2D eigenvalue weighted by molar-refractivity contribution is -0.137. The highest BCUT2D eigenvalue weighted by Gasteiger charge is 2.32. The quantitative estimate of drug-likeness (QED) is 0.450. The summed E-state index contributed by atoms with van der Waals surface area (Å²) in [7, 11) is 0.